The van der Waals surface area contributed by atoms with Crippen LogP contribution in [0.15, 0.2) is 36.7 Å². The molecule has 0 bridgehead atoms. The normalized spacial score (nSPS) is 19.2. The summed E-state index contributed by atoms with van der Waals surface area (Å²) < 4.78 is 14.1. The summed E-state index contributed by atoms with van der Waals surface area (Å²) in [6, 6.07) is 10.3. The number of nitrogens with zero attached hydrogens (tertiary/aromatic N) is 3. The van der Waals surface area contributed by atoms with Crippen molar-refractivity contribution in [1.29, 1.82) is 0 Å². The minimum Gasteiger partial charge on any atom is -0.493 e. The minimum atomic E-state index is -0.301. The summed E-state index contributed by atoms with van der Waals surface area (Å²) in [6.45, 7) is 0.698. The number of aromatic nitrogens is 3. The molecule has 1 fully saturated rings. The topological polar surface area (TPSA) is 81.4 Å². The van der Waals surface area contributed by atoms with Crippen molar-refractivity contribution in [1.82, 2.24) is 14.5 Å². The second-order valence-corrected chi connectivity index (χ2v) is 9.38. The van der Waals surface area contributed by atoms with Gasteiger partial charge in [0.2, 0.25) is 0 Å². The Labute approximate surface area is 191 Å². The molecule has 1 saturated carbocycles. The van der Waals surface area contributed by atoms with Crippen LogP contribution in [0.2, 0.25) is 0 Å². The Kier molecular flexibility index (Phi) is 5.89. The Balaban J connectivity index is 1.38. The van der Waals surface area contributed by atoms with Crippen LogP contribution in [-0.4, -0.2) is 46.0 Å². The Morgan fingerprint density at radius 1 is 1.06 bits per heavy atom. The molecule has 0 amide bonds. The maximum absolute atomic E-state index is 10.4. The van der Waals surface area contributed by atoms with Crippen molar-refractivity contribution in [2.75, 3.05) is 19.5 Å². The molecule has 4 aromatic rings. The molecule has 8 heteroatoms. The van der Waals surface area contributed by atoms with Gasteiger partial charge in [0.1, 0.15) is 0 Å². The first-order valence-corrected chi connectivity index (χ1v) is 11.9. The van der Waals surface area contributed by atoms with Crippen molar-refractivity contribution in [3.05, 3.63) is 42.2 Å². The molecular weight excluding hydrogens is 424 g/mol. The van der Waals surface area contributed by atoms with E-state index < -0.39 is 0 Å². The second kappa shape index (κ2) is 8.96. The predicted octanol–water partition coefficient (Wildman–Crippen LogP) is 4.82. The fourth-order valence-electron chi connectivity index (χ4n) is 4.45. The van der Waals surface area contributed by atoms with Crippen LogP contribution in [0.25, 0.3) is 21.3 Å². The number of benzene rings is 2. The van der Waals surface area contributed by atoms with Crippen LogP contribution in [0.3, 0.4) is 0 Å². The lowest BCUT2D eigenvalue weighted by atomic mass is 10.1. The van der Waals surface area contributed by atoms with E-state index >= 15 is 0 Å². The summed E-state index contributed by atoms with van der Waals surface area (Å²) in [4.78, 5) is 9.28. The first-order valence-electron chi connectivity index (χ1n) is 11.1. The maximum atomic E-state index is 10.4. The third-order valence-corrected chi connectivity index (χ3v) is 7.17. The monoisotopic (exact) mass is 452 g/mol. The lowest BCUT2D eigenvalue weighted by Gasteiger charge is -2.21. The van der Waals surface area contributed by atoms with Crippen LogP contribution in [0.1, 0.15) is 37.7 Å². The molecule has 0 spiro atoms. The molecule has 0 saturated heterocycles. The van der Waals surface area contributed by atoms with E-state index in [-0.39, 0.29) is 12.1 Å². The molecule has 2 aromatic carbocycles. The highest BCUT2D eigenvalue weighted by Crippen LogP contribution is 2.33. The summed E-state index contributed by atoms with van der Waals surface area (Å²) in [5, 5.41) is 14.8. The number of ether oxygens (including phenoxy) is 2. The third kappa shape index (κ3) is 4.12. The SMILES string of the molecule is COc1cc2ncn(Cc3ccc4nc(N[C@H]5CCCCC[C@@H]5O)sc4c3)c2cc1OC. The number of aliphatic hydroxyl groups is 1. The average molecular weight is 453 g/mol. The minimum absolute atomic E-state index is 0.0850. The van der Waals surface area contributed by atoms with E-state index in [1.54, 1.807) is 25.6 Å². The summed E-state index contributed by atoms with van der Waals surface area (Å²) >= 11 is 1.65. The van der Waals surface area contributed by atoms with Gasteiger partial charge in [-0.2, -0.15) is 0 Å². The van der Waals surface area contributed by atoms with Crippen molar-refractivity contribution in [3.8, 4) is 11.5 Å². The molecule has 5 rings (SSSR count). The molecule has 2 aromatic heterocycles. The Morgan fingerprint density at radius 2 is 1.88 bits per heavy atom. The zero-order chi connectivity index (χ0) is 22.1. The number of anilines is 1. The molecule has 2 heterocycles. The van der Waals surface area contributed by atoms with E-state index in [1.807, 2.05) is 18.5 Å². The van der Waals surface area contributed by atoms with Crippen LogP contribution < -0.4 is 14.8 Å². The highest BCUT2D eigenvalue weighted by Gasteiger charge is 2.22. The molecule has 2 N–H and O–H groups in total. The van der Waals surface area contributed by atoms with E-state index in [0.717, 1.165) is 52.1 Å². The van der Waals surface area contributed by atoms with Crippen molar-refractivity contribution in [2.45, 2.75) is 50.8 Å². The smallest absolute Gasteiger partial charge is 0.184 e. The van der Waals surface area contributed by atoms with Crippen LogP contribution in [0, 0.1) is 0 Å². The van der Waals surface area contributed by atoms with E-state index in [0.29, 0.717) is 18.0 Å². The van der Waals surface area contributed by atoms with Gasteiger partial charge in [0.05, 0.1) is 53.9 Å². The second-order valence-electron chi connectivity index (χ2n) is 8.35. The number of hydrogen-bond acceptors (Lipinski definition) is 7. The van der Waals surface area contributed by atoms with Gasteiger partial charge < -0.3 is 24.5 Å². The number of thiazole rings is 1. The highest BCUT2D eigenvalue weighted by molar-refractivity contribution is 7.22. The molecule has 32 heavy (non-hydrogen) atoms. The molecule has 0 radical (unpaired) electrons. The van der Waals surface area contributed by atoms with Gasteiger partial charge in [-0.1, -0.05) is 36.7 Å². The van der Waals surface area contributed by atoms with Gasteiger partial charge in [0.15, 0.2) is 16.6 Å². The molecule has 0 unspecified atom stereocenters. The van der Waals surface area contributed by atoms with Gasteiger partial charge in [0, 0.05) is 18.7 Å². The number of aliphatic hydroxyl groups excluding tert-OH is 1. The first-order chi connectivity index (χ1) is 15.6. The van der Waals surface area contributed by atoms with Gasteiger partial charge >= 0.3 is 0 Å². The average Bonchev–Trinajstić information content (AvgIpc) is 3.32. The van der Waals surface area contributed by atoms with E-state index in [4.69, 9.17) is 14.5 Å². The summed E-state index contributed by atoms with van der Waals surface area (Å²) in [7, 11) is 3.27. The molecule has 1 aliphatic carbocycles. The lowest BCUT2D eigenvalue weighted by molar-refractivity contribution is 0.144. The molecule has 1 aliphatic rings. The van der Waals surface area contributed by atoms with Crippen molar-refractivity contribution < 1.29 is 14.6 Å². The van der Waals surface area contributed by atoms with E-state index in [2.05, 4.69) is 33.1 Å². The lowest BCUT2D eigenvalue weighted by Crippen LogP contribution is -2.32. The van der Waals surface area contributed by atoms with E-state index in [1.165, 1.54) is 12.0 Å². The Morgan fingerprint density at radius 3 is 2.72 bits per heavy atom. The first kappa shape index (κ1) is 21.0. The number of methoxy groups -OCH3 is 2. The van der Waals surface area contributed by atoms with Crippen molar-refractivity contribution >= 4 is 37.7 Å². The third-order valence-electron chi connectivity index (χ3n) is 6.22. The van der Waals surface area contributed by atoms with Crippen LogP contribution in [0.4, 0.5) is 5.13 Å². The van der Waals surface area contributed by atoms with Gasteiger partial charge in [0.25, 0.3) is 0 Å². The molecule has 0 aliphatic heterocycles. The standard InChI is InChI=1S/C24H28N4O3S/c1-30-21-11-18-19(12-22(21)31-2)28(14-25-18)13-15-8-9-17-23(10-15)32-24(27-17)26-16-6-4-3-5-7-20(16)29/h8-12,14,16,20,29H,3-7,13H2,1-2H3,(H,26,27)/t16-,20-/m0/s1. The van der Waals surface area contributed by atoms with Gasteiger partial charge in [-0.3, -0.25) is 0 Å². The fraction of sp³-hybridized carbons (Fsp3) is 0.417. The quantitative estimate of drug-likeness (QED) is 0.408. The molecular formula is C24H28N4O3S. The molecule has 7 nitrogen and oxygen atoms in total. The number of rotatable bonds is 6. The Hall–Kier alpha value is -2.84. The van der Waals surface area contributed by atoms with Crippen molar-refractivity contribution in [3.63, 3.8) is 0 Å². The Bertz CT molecular complexity index is 1230. The van der Waals surface area contributed by atoms with Crippen LogP contribution in [-0.2, 0) is 6.54 Å². The van der Waals surface area contributed by atoms with Crippen molar-refractivity contribution in [2.24, 2.45) is 0 Å². The largest absolute Gasteiger partial charge is 0.493 e. The zero-order valence-corrected chi connectivity index (χ0v) is 19.2. The van der Waals surface area contributed by atoms with Gasteiger partial charge in [-0.25, -0.2) is 9.97 Å². The predicted molar refractivity (Wildman–Crippen MR) is 128 cm³/mol. The van der Waals surface area contributed by atoms with E-state index in [9.17, 15) is 5.11 Å². The summed E-state index contributed by atoms with van der Waals surface area (Å²) in [5.41, 5.74) is 4.02. The van der Waals surface area contributed by atoms with Gasteiger partial charge in [-0.05, 0) is 30.5 Å². The van der Waals surface area contributed by atoms with Crippen LogP contribution >= 0.6 is 11.3 Å². The molecule has 168 valence electrons. The fourth-order valence-corrected chi connectivity index (χ4v) is 5.44. The zero-order valence-electron chi connectivity index (χ0n) is 18.4. The van der Waals surface area contributed by atoms with Crippen LogP contribution in [0.5, 0.6) is 11.5 Å². The van der Waals surface area contributed by atoms with Gasteiger partial charge in [-0.15, -0.1) is 0 Å². The number of imidazole rings is 1. The summed E-state index contributed by atoms with van der Waals surface area (Å²) in [5.74, 6) is 1.37. The highest BCUT2D eigenvalue weighted by atomic mass is 32.1. The summed E-state index contributed by atoms with van der Waals surface area (Å²) in [6.07, 6.45) is 6.85. The number of hydrogen-bond donors (Lipinski definition) is 2. The maximum Gasteiger partial charge on any atom is 0.184 e. The number of fused-ring (bicyclic) bond motifs is 2. The molecule has 2 atom stereocenters. The number of nitrogens with one attached hydrogen (secondary N) is 1.